The smallest absolute Gasteiger partial charge is 0.406 e. The summed E-state index contributed by atoms with van der Waals surface area (Å²) in [7, 11) is 0. The maximum Gasteiger partial charge on any atom is 0.573 e. The van der Waals surface area contributed by atoms with Crippen LogP contribution < -0.4 is 15.0 Å². The number of anilines is 2. The normalized spacial score (nSPS) is 16.4. The van der Waals surface area contributed by atoms with Crippen molar-refractivity contribution in [2.24, 2.45) is 4.99 Å². The van der Waals surface area contributed by atoms with Crippen molar-refractivity contribution in [1.29, 1.82) is 0 Å². The van der Waals surface area contributed by atoms with Crippen molar-refractivity contribution in [3.63, 3.8) is 0 Å². The number of alkyl halides is 3. The number of aliphatic hydroxyl groups excluding tert-OH is 1. The zero-order valence-corrected chi connectivity index (χ0v) is 21.9. The molecule has 206 valence electrons. The Kier molecular flexibility index (Phi) is 7.76. The first-order valence-electron chi connectivity index (χ1n) is 12.2. The van der Waals surface area contributed by atoms with Gasteiger partial charge in [-0.15, -0.1) is 18.3 Å². The molecule has 1 aromatic heterocycles. The monoisotopic (exact) mass is 568 g/mol. The lowest BCUT2D eigenvalue weighted by molar-refractivity contribution is -0.274. The minimum atomic E-state index is -4.76. The molecule has 1 aliphatic rings. The van der Waals surface area contributed by atoms with E-state index in [0.29, 0.717) is 33.7 Å². The van der Waals surface area contributed by atoms with Gasteiger partial charge in [-0.1, -0.05) is 36.9 Å². The molecule has 3 aromatic carbocycles. The van der Waals surface area contributed by atoms with E-state index in [2.05, 4.69) is 25.1 Å². The number of aromatic nitrogens is 3. The van der Waals surface area contributed by atoms with E-state index < -0.39 is 18.6 Å². The molecule has 1 aliphatic heterocycles. The Labute approximate surface area is 231 Å². The fourth-order valence-corrected chi connectivity index (χ4v) is 5.03. The predicted octanol–water partition coefficient (Wildman–Crippen LogP) is 5.86. The van der Waals surface area contributed by atoms with Crippen LogP contribution >= 0.6 is 11.8 Å². The number of aliphatic imine (C=N–C) groups is 1. The molecule has 13 heteroatoms. The summed E-state index contributed by atoms with van der Waals surface area (Å²) in [5.74, 6) is 0.445. The Bertz CT molecular complexity index is 1520. The van der Waals surface area contributed by atoms with Gasteiger partial charge < -0.3 is 15.2 Å². The van der Waals surface area contributed by atoms with Gasteiger partial charge in [0, 0.05) is 22.7 Å². The molecule has 4 aromatic rings. The second kappa shape index (κ2) is 11.4. The molecule has 1 unspecified atom stereocenters. The van der Waals surface area contributed by atoms with E-state index >= 15 is 0 Å². The molecular weight excluding hydrogens is 545 g/mol. The largest absolute Gasteiger partial charge is 0.573 e. The number of benzene rings is 3. The first-order valence-corrected chi connectivity index (χ1v) is 13.1. The number of amides is 2. The van der Waals surface area contributed by atoms with Crippen LogP contribution in [-0.2, 0) is 6.42 Å². The van der Waals surface area contributed by atoms with Crippen LogP contribution in [0.1, 0.15) is 12.5 Å². The number of urea groups is 1. The molecule has 0 aliphatic carbocycles. The molecule has 2 amide bonds. The molecule has 1 atom stereocenters. The van der Waals surface area contributed by atoms with Crippen LogP contribution in [0.3, 0.4) is 0 Å². The number of nitrogens with zero attached hydrogens (tertiary/aromatic N) is 5. The van der Waals surface area contributed by atoms with Crippen molar-refractivity contribution in [3.05, 3.63) is 84.7 Å². The van der Waals surface area contributed by atoms with Gasteiger partial charge in [-0.2, -0.15) is 4.99 Å². The lowest BCUT2D eigenvalue weighted by Gasteiger charge is -2.24. The summed E-state index contributed by atoms with van der Waals surface area (Å²) in [6, 6.07) is 19.2. The van der Waals surface area contributed by atoms with Crippen LogP contribution in [0.4, 0.5) is 29.3 Å². The minimum absolute atomic E-state index is 0.333. The summed E-state index contributed by atoms with van der Waals surface area (Å²) in [5, 5.41) is 18.0. The number of nitrogens with one attached hydrogen (secondary N) is 1. The number of thioether (sulfide) groups is 1. The molecule has 40 heavy (non-hydrogen) atoms. The number of rotatable bonds is 6. The molecule has 5 rings (SSSR count). The topological polar surface area (TPSA) is 105 Å². The maximum absolute atomic E-state index is 12.7. The molecular formula is C27H23F3N6O3S. The third-order valence-corrected chi connectivity index (χ3v) is 6.93. The summed E-state index contributed by atoms with van der Waals surface area (Å²) in [6.45, 7) is 2.02. The minimum Gasteiger partial charge on any atom is -0.406 e. The third-order valence-electron chi connectivity index (χ3n) is 5.92. The number of aryl methyl sites for hydroxylation is 1. The number of hydrogen-bond donors (Lipinski definition) is 2. The summed E-state index contributed by atoms with van der Waals surface area (Å²) in [5.41, 5.74) is 3.52. The molecule has 0 radical (unpaired) electrons. The van der Waals surface area contributed by atoms with Gasteiger partial charge in [-0.25, -0.2) is 14.5 Å². The van der Waals surface area contributed by atoms with E-state index in [4.69, 9.17) is 0 Å². The van der Waals surface area contributed by atoms with E-state index in [-0.39, 0.29) is 5.75 Å². The number of carbonyl (C=O) groups is 1. The highest BCUT2D eigenvalue weighted by molar-refractivity contribution is 8.14. The maximum atomic E-state index is 12.7. The summed E-state index contributed by atoms with van der Waals surface area (Å²) >= 11 is 1.30. The van der Waals surface area contributed by atoms with Gasteiger partial charge in [0.05, 0.1) is 5.69 Å². The first kappa shape index (κ1) is 27.2. The van der Waals surface area contributed by atoms with E-state index in [9.17, 15) is 23.1 Å². The van der Waals surface area contributed by atoms with Crippen molar-refractivity contribution < 1.29 is 27.8 Å². The van der Waals surface area contributed by atoms with Crippen LogP contribution in [0.5, 0.6) is 5.75 Å². The molecule has 0 bridgehead atoms. The van der Waals surface area contributed by atoms with Crippen LogP contribution in [0, 0.1) is 0 Å². The number of amidine groups is 1. The van der Waals surface area contributed by atoms with Crippen LogP contribution in [-0.4, -0.2) is 49.4 Å². The van der Waals surface area contributed by atoms with Crippen LogP contribution in [0.15, 0.2) is 84.1 Å². The number of aliphatic hydroxyl groups is 1. The molecule has 1 fully saturated rings. The number of halogens is 3. The van der Waals surface area contributed by atoms with Gasteiger partial charge in [-0.3, -0.25) is 4.90 Å². The van der Waals surface area contributed by atoms with Gasteiger partial charge in [0.2, 0.25) is 0 Å². The highest BCUT2D eigenvalue weighted by atomic mass is 32.2. The second-order valence-corrected chi connectivity index (χ2v) is 9.59. The van der Waals surface area contributed by atoms with E-state index in [1.165, 1.54) is 47.0 Å². The van der Waals surface area contributed by atoms with Crippen molar-refractivity contribution in [1.82, 2.24) is 14.8 Å². The highest BCUT2D eigenvalue weighted by Crippen LogP contribution is 2.32. The van der Waals surface area contributed by atoms with Gasteiger partial charge in [0.25, 0.3) is 0 Å². The van der Waals surface area contributed by atoms with Crippen molar-refractivity contribution in [3.8, 4) is 22.8 Å². The molecule has 1 saturated heterocycles. The zero-order chi connectivity index (χ0) is 28.3. The summed E-state index contributed by atoms with van der Waals surface area (Å²) in [4.78, 5) is 22.8. The van der Waals surface area contributed by atoms with E-state index in [0.717, 1.165) is 17.7 Å². The Morgan fingerprint density at radius 2 is 1.85 bits per heavy atom. The van der Waals surface area contributed by atoms with Gasteiger partial charge in [-0.05, 0) is 66.6 Å². The Balaban J connectivity index is 1.25. The molecule has 0 spiro atoms. The number of carbonyl (C=O) groups excluding carboxylic acids is 1. The number of para-hydroxylation sites is 1. The highest BCUT2D eigenvalue weighted by Gasteiger charge is 2.32. The fraction of sp³-hybridized carbons (Fsp3) is 0.185. The zero-order valence-electron chi connectivity index (χ0n) is 21.0. The Morgan fingerprint density at radius 1 is 1.12 bits per heavy atom. The molecule has 2 N–H and O–H groups in total. The molecule has 2 heterocycles. The van der Waals surface area contributed by atoms with Crippen molar-refractivity contribution >= 4 is 34.3 Å². The van der Waals surface area contributed by atoms with Crippen molar-refractivity contribution in [2.45, 2.75) is 25.9 Å². The van der Waals surface area contributed by atoms with Crippen LogP contribution in [0.2, 0.25) is 0 Å². The molecule has 0 saturated carbocycles. The van der Waals surface area contributed by atoms with Gasteiger partial charge >= 0.3 is 12.4 Å². The quantitative estimate of drug-likeness (QED) is 0.300. The Hall–Kier alpha value is -4.36. The van der Waals surface area contributed by atoms with E-state index in [1.807, 2.05) is 31.2 Å². The predicted molar refractivity (Wildman–Crippen MR) is 147 cm³/mol. The lowest BCUT2D eigenvalue weighted by Crippen LogP contribution is -2.35. The lowest BCUT2D eigenvalue weighted by atomic mass is 10.1. The number of ether oxygens (including phenoxy) is 1. The first-order chi connectivity index (χ1) is 19.2. The van der Waals surface area contributed by atoms with Gasteiger partial charge in [0.1, 0.15) is 18.3 Å². The fourth-order valence-electron chi connectivity index (χ4n) is 4.08. The van der Waals surface area contributed by atoms with Crippen LogP contribution in [0.25, 0.3) is 17.1 Å². The molecule has 9 nitrogen and oxygen atoms in total. The average molecular weight is 569 g/mol. The standard InChI is InChI=1S/C27H23F3N6O3S/c1-2-17-5-3-4-6-22(17)36-23(37)15-40-26(36)33-25(38)32-19-9-7-18(8-10-19)24-31-16-35(34-24)20-11-13-21(14-12-20)39-27(28,29)30/h3-14,16,23,37H,2,15H2,1H3,(H,32,38)/b33-26-. The van der Waals surface area contributed by atoms with Crippen molar-refractivity contribution in [2.75, 3.05) is 16.0 Å². The SMILES string of the molecule is CCc1ccccc1N1/C(=N/C(=O)Nc2ccc(-c3ncn(-c4ccc(OC(F)(F)F)cc4)n3)cc2)SCC1O. The summed E-state index contributed by atoms with van der Waals surface area (Å²) < 4.78 is 42.4. The van der Waals surface area contributed by atoms with E-state index in [1.54, 1.807) is 29.2 Å². The number of hydrogen-bond acceptors (Lipinski definition) is 6. The Morgan fingerprint density at radius 3 is 2.55 bits per heavy atom. The average Bonchev–Trinajstić information content (AvgIpc) is 3.56. The van der Waals surface area contributed by atoms with Gasteiger partial charge in [0.15, 0.2) is 11.0 Å². The summed E-state index contributed by atoms with van der Waals surface area (Å²) in [6.07, 6.45) is -3.34. The third kappa shape index (κ3) is 6.26. The second-order valence-electron chi connectivity index (χ2n) is 8.60.